The van der Waals surface area contributed by atoms with E-state index in [0.717, 1.165) is 0 Å². The maximum atomic E-state index is 11.3. The van der Waals surface area contributed by atoms with E-state index < -0.39 is 11.4 Å². The van der Waals surface area contributed by atoms with Crippen LogP contribution in [0.3, 0.4) is 0 Å². The Morgan fingerprint density at radius 3 is 2.94 bits per heavy atom. The Morgan fingerprint density at radius 1 is 1.56 bits per heavy atom. The van der Waals surface area contributed by atoms with Crippen LogP contribution in [-0.4, -0.2) is 25.8 Å². The first-order valence-corrected chi connectivity index (χ1v) is 5.35. The molecule has 0 saturated heterocycles. The third-order valence-electron chi connectivity index (χ3n) is 2.34. The van der Waals surface area contributed by atoms with Crippen LogP contribution in [0.4, 0.5) is 0 Å². The van der Waals surface area contributed by atoms with Gasteiger partial charge in [0, 0.05) is 24.9 Å². The number of rotatable bonds is 4. The molecule has 0 amide bonds. The molecule has 0 aliphatic rings. The minimum absolute atomic E-state index is 0.254. The Hall–Kier alpha value is -2.44. The highest BCUT2D eigenvalue weighted by Gasteiger charge is 2.10. The molecule has 0 radical (unpaired) electrons. The number of aromatic carboxylic acids is 1. The highest BCUT2D eigenvalue weighted by Crippen LogP contribution is 2.01. The molecule has 0 atom stereocenters. The van der Waals surface area contributed by atoms with Crippen LogP contribution < -0.4 is 5.43 Å². The van der Waals surface area contributed by atoms with Crippen LogP contribution in [0.1, 0.15) is 29.0 Å². The summed E-state index contributed by atoms with van der Waals surface area (Å²) in [6.07, 6.45) is 3.38. The number of hydrogen-bond acceptors (Lipinski definition) is 5. The van der Waals surface area contributed by atoms with Crippen molar-refractivity contribution in [2.75, 3.05) is 0 Å². The molecule has 0 bridgehead atoms. The molecule has 2 aromatic rings. The van der Waals surface area contributed by atoms with Gasteiger partial charge in [-0.15, -0.1) is 0 Å². The van der Waals surface area contributed by atoms with Gasteiger partial charge in [-0.3, -0.25) is 4.79 Å². The smallest absolute Gasteiger partial charge is 0.341 e. The van der Waals surface area contributed by atoms with E-state index in [0.29, 0.717) is 18.1 Å². The van der Waals surface area contributed by atoms with E-state index in [1.54, 1.807) is 0 Å². The van der Waals surface area contributed by atoms with E-state index in [-0.39, 0.29) is 12.1 Å². The highest BCUT2D eigenvalue weighted by atomic mass is 16.5. The van der Waals surface area contributed by atoms with Crippen molar-refractivity contribution in [2.24, 2.45) is 0 Å². The summed E-state index contributed by atoms with van der Waals surface area (Å²) in [7, 11) is 0. The van der Waals surface area contributed by atoms with Gasteiger partial charge in [0.2, 0.25) is 5.89 Å². The summed E-state index contributed by atoms with van der Waals surface area (Å²) < 4.78 is 6.46. The average molecular weight is 249 g/mol. The predicted octanol–water partition coefficient (Wildman–Crippen LogP) is 0.540. The molecule has 0 aliphatic carbocycles. The van der Waals surface area contributed by atoms with Gasteiger partial charge in [0.1, 0.15) is 5.56 Å². The Bertz CT molecular complexity index is 629. The fraction of sp³-hybridized carbons (Fsp3) is 0.273. The Balaban J connectivity index is 2.26. The van der Waals surface area contributed by atoms with E-state index >= 15 is 0 Å². The number of nitrogens with zero attached hydrogens (tertiary/aromatic N) is 3. The lowest BCUT2D eigenvalue weighted by Gasteiger charge is -2.03. The molecule has 18 heavy (non-hydrogen) atoms. The van der Waals surface area contributed by atoms with E-state index in [4.69, 9.17) is 9.63 Å². The van der Waals surface area contributed by atoms with Gasteiger partial charge in [-0.2, -0.15) is 4.98 Å². The lowest BCUT2D eigenvalue weighted by atomic mass is 10.3. The Morgan fingerprint density at radius 2 is 2.33 bits per heavy atom. The van der Waals surface area contributed by atoms with Crippen LogP contribution in [0.25, 0.3) is 0 Å². The van der Waals surface area contributed by atoms with Crippen molar-refractivity contribution in [2.45, 2.75) is 19.9 Å². The van der Waals surface area contributed by atoms with Crippen molar-refractivity contribution in [1.82, 2.24) is 14.7 Å². The summed E-state index contributed by atoms with van der Waals surface area (Å²) in [6.45, 7) is 2.14. The lowest BCUT2D eigenvalue weighted by molar-refractivity contribution is 0.0694. The van der Waals surface area contributed by atoms with Crippen molar-refractivity contribution in [3.63, 3.8) is 0 Å². The van der Waals surface area contributed by atoms with Gasteiger partial charge in [-0.25, -0.2) is 4.79 Å². The second-order valence-electron chi connectivity index (χ2n) is 3.66. The summed E-state index contributed by atoms with van der Waals surface area (Å²) >= 11 is 0. The first kappa shape index (κ1) is 12.0. The molecule has 1 N–H and O–H groups in total. The average Bonchev–Trinajstić information content (AvgIpc) is 2.79. The summed E-state index contributed by atoms with van der Waals surface area (Å²) in [6, 6.07) is 1.20. The third kappa shape index (κ3) is 2.45. The molecular weight excluding hydrogens is 238 g/mol. The van der Waals surface area contributed by atoms with Crippen molar-refractivity contribution in [1.29, 1.82) is 0 Å². The second-order valence-corrected chi connectivity index (χ2v) is 3.66. The number of carbonyl (C=O) groups is 1. The molecule has 2 aromatic heterocycles. The fourth-order valence-corrected chi connectivity index (χ4v) is 1.45. The first-order chi connectivity index (χ1) is 8.60. The molecule has 0 aromatic carbocycles. The number of pyridine rings is 1. The summed E-state index contributed by atoms with van der Waals surface area (Å²) in [5, 5.41) is 12.6. The zero-order chi connectivity index (χ0) is 13.1. The Kier molecular flexibility index (Phi) is 3.22. The van der Waals surface area contributed by atoms with Crippen LogP contribution in [0.15, 0.2) is 27.8 Å². The van der Waals surface area contributed by atoms with E-state index in [1.807, 2.05) is 6.92 Å². The van der Waals surface area contributed by atoms with E-state index in [1.165, 1.54) is 23.0 Å². The van der Waals surface area contributed by atoms with Gasteiger partial charge in [0.25, 0.3) is 0 Å². The molecule has 0 aliphatic heterocycles. The van der Waals surface area contributed by atoms with Crippen molar-refractivity contribution >= 4 is 5.97 Å². The van der Waals surface area contributed by atoms with Gasteiger partial charge in [-0.05, 0) is 0 Å². The molecular formula is C11H11N3O4. The highest BCUT2D eigenvalue weighted by molar-refractivity contribution is 5.86. The maximum absolute atomic E-state index is 11.3. The number of hydrogen-bond donors (Lipinski definition) is 1. The van der Waals surface area contributed by atoms with E-state index in [2.05, 4.69) is 10.1 Å². The van der Waals surface area contributed by atoms with Crippen LogP contribution in [0.2, 0.25) is 0 Å². The largest absolute Gasteiger partial charge is 0.477 e. The molecule has 0 fully saturated rings. The van der Waals surface area contributed by atoms with E-state index in [9.17, 15) is 9.59 Å². The quantitative estimate of drug-likeness (QED) is 0.849. The van der Waals surface area contributed by atoms with Crippen molar-refractivity contribution in [3.05, 3.63) is 46.0 Å². The first-order valence-electron chi connectivity index (χ1n) is 5.35. The van der Waals surface area contributed by atoms with Crippen LogP contribution in [-0.2, 0) is 13.0 Å². The predicted molar refractivity (Wildman–Crippen MR) is 60.4 cm³/mol. The molecule has 94 valence electrons. The number of carboxylic acids is 1. The normalized spacial score (nSPS) is 10.5. The van der Waals surface area contributed by atoms with Crippen LogP contribution >= 0.6 is 0 Å². The Labute approximate surface area is 102 Å². The number of aromatic nitrogens is 3. The molecule has 7 heteroatoms. The maximum Gasteiger partial charge on any atom is 0.341 e. The van der Waals surface area contributed by atoms with Crippen molar-refractivity contribution < 1.29 is 14.4 Å². The van der Waals surface area contributed by atoms with Gasteiger partial charge in [-0.1, -0.05) is 12.1 Å². The molecule has 0 spiro atoms. The zero-order valence-corrected chi connectivity index (χ0v) is 9.66. The van der Waals surface area contributed by atoms with Crippen molar-refractivity contribution in [3.8, 4) is 0 Å². The second kappa shape index (κ2) is 4.82. The molecule has 2 rings (SSSR count). The topological polar surface area (TPSA) is 98.2 Å². The summed E-state index contributed by atoms with van der Waals surface area (Å²) in [4.78, 5) is 26.2. The number of carboxylic acid groups (broad SMARTS) is 1. The SMILES string of the molecule is CCc1nc(Cn2ccc(=O)c(C(=O)O)c2)no1. The summed E-state index contributed by atoms with van der Waals surface area (Å²) in [5.41, 5.74) is -0.808. The third-order valence-corrected chi connectivity index (χ3v) is 2.34. The lowest BCUT2D eigenvalue weighted by Crippen LogP contribution is -2.17. The standard InChI is InChI=1S/C11H11N3O4/c1-2-10-12-9(13-18-10)6-14-4-3-8(15)7(5-14)11(16)17/h3-5H,2,6H2,1H3,(H,16,17). The van der Waals surface area contributed by atoms with Gasteiger partial charge in [0.05, 0.1) is 6.54 Å². The van der Waals surface area contributed by atoms with Gasteiger partial charge in [0.15, 0.2) is 11.3 Å². The van der Waals surface area contributed by atoms with Crippen LogP contribution in [0.5, 0.6) is 0 Å². The molecule has 0 saturated carbocycles. The monoisotopic (exact) mass is 249 g/mol. The number of aryl methyl sites for hydroxylation is 1. The molecule has 0 unspecified atom stereocenters. The zero-order valence-electron chi connectivity index (χ0n) is 9.66. The fourth-order valence-electron chi connectivity index (χ4n) is 1.45. The van der Waals surface area contributed by atoms with Crippen LogP contribution in [0, 0.1) is 0 Å². The minimum Gasteiger partial charge on any atom is -0.477 e. The molecule has 7 nitrogen and oxygen atoms in total. The van der Waals surface area contributed by atoms with Gasteiger partial charge >= 0.3 is 5.97 Å². The minimum atomic E-state index is -1.25. The van der Waals surface area contributed by atoms with Gasteiger partial charge < -0.3 is 14.2 Å². The molecule has 2 heterocycles. The summed E-state index contributed by atoms with van der Waals surface area (Å²) in [5.74, 6) is -0.298.